The van der Waals surface area contributed by atoms with E-state index in [1.54, 1.807) is 13.2 Å². The molecule has 15 rings (SSSR count). The van der Waals surface area contributed by atoms with Gasteiger partial charge in [-0.15, -0.1) is 0 Å². The zero-order valence-corrected chi connectivity index (χ0v) is 77.5. The van der Waals surface area contributed by atoms with Gasteiger partial charge in [-0.2, -0.15) is 0 Å². The molecule has 0 aliphatic carbocycles. The number of sulfonamides is 1. The van der Waals surface area contributed by atoms with Gasteiger partial charge in [0.05, 0.1) is 60.0 Å². The van der Waals surface area contributed by atoms with E-state index in [-0.39, 0.29) is 36.7 Å². The van der Waals surface area contributed by atoms with Crippen LogP contribution < -0.4 is 38.3 Å². The van der Waals surface area contributed by atoms with Gasteiger partial charge in [0.15, 0.2) is 0 Å². The molecule has 0 bridgehead atoms. The van der Waals surface area contributed by atoms with E-state index in [0.717, 1.165) is 173 Å². The lowest BCUT2D eigenvalue weighted by Gasteiger charge is -2.31. The summed E-state index contributed by atoms with van der Waals surface area (Å²) >= 11 is 27.6. The molecule has 4 aromatic heterocycles. The van der Waals surface area contributed by atoms with Gasteiger partial charge >= 0.3 is 0 Å². The highest BCUT2D eigenvalue weighted by molar-refractivity contribution is 8.00. The lowest BCUT2D eigenvalue weighted by atomic mass is 9.99. The highest BCUT2D eigenvalue weighted by atomic mass is 35.5. The number of halogens is 5. The molecule has 128 heavy (non-hydrogen) atoms. The number of alkyl halides is 4. The summed E-state index contributed by atoms with van der Waals surface area (Å²) in [7, 11) is -5.59. The smallest absolute Gasteiger partial charge is 0.224 e. The summed E-state index contributed by atoms with van der Waals surface area (Å²) in [5.74, 6) is 2.24. The first-order chi connectivity index (χ1) is 61.3. The topological polar surface area (TPSA) is 287 Å². The molecular weight excluding hydrogens is 1760 g/mol. The predicted molar refractivity (Wildman–Crippen MR) is 534 cm³/mol. The summed E-state index contributed by atoms with van der Waals surface area (Å²) in [6, 6.07) is 52.7. The summed E-state index contributed by atoms with van der Waals surface area (Å²) in [5.41, 5.74) is 41.7. The molecule has 8 aromatic carbocycles. The van der Waals surface area contributed by atoms with Crippen LogP contribution in [-0.4, -0.2) is 150 Å². The lowest BCUT2D eigenvalue weighted by Crippen LogP contribution is -2.38. The number of benzene rings is 8. The van der Waals surface area contributed by atoms with Crippen molar-refractivity contribution in [3.8, 4) is 44.5 Å². The van der Waals surface area contributed by atoms with Crippen LogP contribution in [0.3, 0.4) is 0 Å². The van der Waals surface area contributed by atoms with Gasteiger partial charge in [0.25, 0.3) is 0 Å². The van der Waals surface area contributed by atoms with Crippen LogP contribution in [0.2, 0.25) is 5.02 Å². The molecule has 0 spiro atoms. The van der Waals surface area contributed by atoms with Crippen molar-refractivity contribution >= 4 is 191 Å². The summed E-state index contributed by atoms with van der Waals surface area (Å²) in [5, 5.41) is 10.3. The number of anilines is 3. The number of hydrogen-bond acceptors (Lipinski definition) is 12. The van der Waals surface area contributed by atoms with Crippen LogP contribution in [0.5, 0.6) is 0 Å². The van der Waals surface area contributed by atoms with Gasteiger partial charge in [-0.05, 0) is 133 Å². The van der Waals surface area contributed by atoms with E-state index in [4.69, 9.17) is 88.1 Å². The SMILES string of the molecule is C=S(C)(=O)Nc1ccc2c(-c3cccc(C(N)=S)c3)cn(C3CCOCC3)c2c1.CCC(=O)Nc1ccc2c(-c3cccc(C(N)=S)c3)cn(CC(CF)CF)c2c1.CCCCC(=O)Nc1ccc2c(-c3cccc(C(N)=S)c3)cn(CC(CF)CF)c2c1.CS(=O)(=O)N1CCC(n2cc(-c3cccc(C(N)=S)c3)c3ccc(CCC(=O)CC4=CCC=N4)c(Cl)c32)CC1. The lowest BCUT2D eigenvalue weighted by molar-refractivity contribution is -0.118. The Hall–Kier alpha value is -10.8. The number of thiocarbonyl (C=S) groups is 4. The van der Waals surface area contributed by atoms with E-state index >= 15 is 0 Å². The molecule has 2 amide bonds. The minimum Gasteiger partial charge on any atom is -0.389 e. The van der Waals surface area contributed by atoms with E-state index < -0.39 is 58.3 Å². The Morgan fingerprint density at radius 3 is 1.41 bits per heavy atom. The maximum atomic E-state index is 13.2. The molecule has 2 fully saturated rings. The number of ether oxygens (including phenoxy) is 1. The van der Waals surface area contributed by atoms with Crippen LogP contribution in [0, 0.1) is 11.8 Å². The number of rotatable bonds is 32. The van der Waals surface area contributed by atoms with Crippen LogP contribution in [0.1, 0.15) is 124 Å². The Balaban J connectivity index is 0.000000156. The fourth-order valence-electron chi connectivity index (χ4n) is 16.2. The molecule has 0 radical (unpaired) electrons. The Labute approximate surface area is 771 Å². The van der Waals surface area contributed by atoms with Crippen LogP contribution >= 0.6 is 60.5 Å². The first-order valence-corrected chi connectivity index (χ1v) is 48.4. The normalized spacial score (nSPS) is 14.2. The molecule has 7 heterocycles. The number of carbonyl (C=O) groups excluding carboxylic acids is 3. The summed E-state index contributed by atoms with van der Waals surface area (Å²) < 4.78 is 107. The zero-order chi connectivity index (χ0) is 91.7. The van der Waals surface area contributed by atoms with E-state index in [2.05, 4.69) is 72.0 Å². The van der Waals surface area contributed by atoms with Crippen molar-refractivity contribution in [1.82, 2.24) is 22.6 Å². The van der Waals surface area contributed by atoms with Crippen molar-refractivity contribution < 1.29 is 49.3 Å². The molecule has 1 unspecified atom stereocenters. The van der Waals surface area contributed by atoms with Crippen LogP contribution in [0.15, 0.2) is 205 Å². The van der Waals surface area contributed by atoms with Crippen molar-refractivity contribution in [2.24, 2.45) is 39.8 Å². The number of Topliss-reactive ketones (excluding diaryl/α,β-unsaturated/α-hetero) is 1. The Morgan fingerprint density at radius 2 is 0.977 bits per heavy atom. The third kappa shape index (κ3) is 24.4. The number of allylic oxidation sites excluding steroid dienone is 2. The van der Waals surface area contributed by atoms with Crippen LogP contribution in [0.25, 0.3) is 88.1 Å². The number of unbranched alkanes of at least 4 members (excludes halogenated alkanes) is 1. The fourth-order valence-corrected chi connectivity index (χ4v) is 18.5. The average molecular weight is 1870 g/mol. The number of aliphatic imine (C=N–C) groups is 1. The molecule has 12 aromatic rings. The number of fused-ring (bicyclic) bond motifs is 4. The van der Waals surface area contributed by atoms with Gasteiger partial charge in [-0.25, -0.2) is 16.9 Å². The van der Waals surface area contributed by atoms with E-state index in [0.29, 0.717) is 100 Å². The second kappa shape index (κ2) is 44.0. The van der Waals surface area contributed by atoms with Crippen molar-refractivity contribution in [1.29, 1.82) is 0 Å². The molecule has 1 atom stereocenters. The number of nitrogens with one attached hydrogen (secondary N) is 3. The largest absolute Gasteiger partial charge is 0.389 e. The number of aryl methyl sites for hydroxylation is 1. The highest BCUT2D eigenvalue weighted by Gasteiger charge is 2.30. The minimum atomic E-state index is -3.23. The molecule has 3 aliphatic heterocycles. The number of ketones is 1. The third-order valence-corrected chi connectivity index (χ3v) is 26.2. The molecule has 11 N–H and O–H groups in total. The van der Waals surface area contributed by atoms with Gasteiger partial charge in [-0.3, -0.25) is 36.9 Å². The van der Waals surface area contributed by atoms with Crippen molar-refractivity contribution in [3.63, 3.8) is 0 Å². The number of aromatic nitrogens is 4. The number of nitrogens with two attached hydrogens (primary N) is 4. The molecule has 20 nitrogen and oxygen atoms in total. The van der Waals surface area contributed by atoms with Crippen LogP contribution in [0.4, 0.5) is 34.6 Å². The van der Waals surface area contributed by atoms with Crippen LogP contribution in [-0.2, 0) is 58.4 Å². The quantitative estimate of drug-likeness (QED) is 0.0152. The maximum absolute atomic E-state index is 13.2. The van der Waals surface area contributed by atoms with Gasteiger partial charge in [0.1, 0.15) is 25.7 Å². The van der Waals surface area contributed by atoms with E-state index in [1.165, 1.54) is 10.6 Å². The fraction of sp³-hybridized carbons (Fsp3) is 0.309. The summed E-state index contributed by atoms with van der Waals surface area (Å²) in [4.78, 5) is 42.1. The Bertz CT molecular complexity index is 6440. The second-order valence-corrected chi connectivity index (χ2v) is 38.7. The van der Waals surface area contributed by atoms with Gasteiger partial charge < -0.3 is 61.3 Å². The average Bonchev–Trinajstić information content (AvgIpc) is 1.61. The molecule has 0 saturated carbocycles. The first-order valence-electron chi connectivity index (χ1n) is 42.4. The Morgan fingerprint density at radius 1 is 0.547 bits per heavy atom. The van der Waals surface area contributed by atoms with Crippen molar-refractivity contribution in [2.75, 3.05) is 80.9 Å². The molecule has 672 valence electrons. The first kappa shape index (κ1) is 96.3. The number of hydrogen-bond donors (Lipinski definition) is 7. The molecule has 31 heteroatoms. The van der Waals surface area contributed by atoms with Crippen molar-refractivity contribution in [3.05, 3.63) is 233 Å². The van der Waals surface area contributed by atoms with Gasteiger partial charge in [-0.1, -0.05) is 190 Å². The monoisotopic (exact) mass is 1870 g/mol. The number of carbonyl (C=O) groups is 3. The van der Waals surface area contributed by atoms with Gasteiger partial charge in [0, 0.05) is 231 Å². The maximum Gasteiger partial charge on any atom is 0.224 e. The third-order valence-electron chi connectivity index (χ3n) is 22.8. The van der Waals surface area contributed by atoms with Gasteiger partial charge in [0.2, 0.25) is 21.8 Å². The summed E-state index contributed by atoms with van der Waals surface area (Å²) in [6.07, 6.45) is 22.7. The molecular formula is C97H106ClF4N13O7S6. The second-order valence-electron chi connectivity index (χ2n) is 32.4. The standard InChI is InChI=1S/C29H31ClN4O3S2.C24H27F2N3OS.C22H23F2N3OS.C22H25N3O2S2/c1-39(36,37)33-14-11-23(12-15-33)34-18-26(20-4-2-5-21(16-20)29(31)38)25-10-8-19(27(30)28(25)34)7-9-24(35)17-22-6-3-13-32-22;1-2-3-7-23(30)28-19-8-9-20-21(17-5-4-6-18(10-17)24(27)31)15-29(22(20)11-19)14-16(12-25)13-26;1-2-21(28)26-17-6-7-18-19(15-4-3-5-16(8-15)22(25)29)13-27(20(18)9-17)12-14(10-23)11-24;1-29(2,26)24-17-6-7-19-20(15-4-3-5-16(12-15)22(23)28)14-25(21(19)13-17)18-8-10-27-11-9-18/h2,4-6,8,10,13,16,18,23H,3,7,9,11-12,14-15,17H2,1H3,(H2,31,38);4-6,8-11,15-16H,2-3,7,12-14H2,1H3,(H2,27,31)(H,28,30);3-9,13-14H,2,10-12H2,1H3,(H2,25,29)(H,26,28);3-7,12-14,18H,1,8-11H2,2H3,(H2,23,28)(H,24,26). The van der Waals surface area contributed by atoms with E-state index in [1.807, 2.05) is 180 Å². The predicted octanol–water partition coefficient (Wildman–Crippen LogP) is 19.9. The number of nitrogens with zero attached hydrogens (tertiary/aromatic N) is 6. The highest BCUT2D eigenvalue weighted by Crippen LogP contribution is 2.43. The minimum absolute atomic E-state index is 0.0471. The molecule has 2 saturated heterocycles. The Kier molecular flexibility index (Phi) is 33.1. The van der Waals surface area contributed by atoms with Crippen molar-refractivity contribution in [2.45, 2.75) is 116 Å². The van der Waals surface area contributed by atoms with E-state index in [9.17, 15) is 44.6 Å². The number of piperidine rings is 1. The zero-order valence-electron chi connectivity index (χ0n) is 71.8. The number of amides is 2. The molecule has 3 aliphatic rings. The summed E-state index contributed by atoms with van der Waals surface area (Å²) in [6.45, 7) is 3.68.